The summed E-state index contributed by atoms with van der Waals surface area (Å²) >= 11 is 0. The first-order chi connectivity index (χ1) is 17.2. The van der Waals surface area contributed by atoms with E-state index in [9.17, 15) is 26.3 Å². The number of rotatable bonds is 6. The Bertz CT molecular complexity index is 1010. The van der Waals surface area contributed by atoms with Crippen LogP contribution in [-0.4, -0.2) is 34.6 Å². The number of hydrogen-bond acceptors (Lipinski definition) is 4. The van der Waals surface area contributed by atoms with Gasteiger partial charge in [0.05, 0.1) is 18.0 Å². The molecule has 1 saturated heterocycles. The molecule has 2 N–H and O–H groups in total. The first-order valence-electron chi connectivity index (χ1n) is 12.1. The Hall–Kier alpha value is -3.04. The van der Waals surface area contributed by atoms with Gasteiger partial charge in [-0.1, -0.05) is 37.6 Å². The molecule has 2 rings (SSSR count). The molecule has 37 heavy (non-hydrogen) atoms. The van der Waals surface area contributed by atoms with E-state index in [4.69, 9.17) is 5.73 Å². The number of halogens is 6. The van der Waals surface area contributed by atoms with Crippen molar-refractivity contribution in [3.63, 3.8) is 0 Å². The Morgan fingerprint density at radius 3 is 2.22 bits per heavy atom. The third-order valence-electron chi connectivity index (χ3n) is 5.65. The van der Waals surface area contributed by atoms with Crippen LogP contribution in [-0.2, 0) is 6.18 Å². The van der Waals surface area contributed by atoms with Gasteiger partial charge in [0.1, 0.15) is 5.82 Å². The van der Waals surface area contributed by atoms with Gasteiger partial charge in [0.15, 0.2) is 5.69 Å². The summed E-state index contributed by atoms with van der Waals surface area (Å²) in [4.78, 5) is 8.49. The average molecular weight is 531 g/mol. The van der Waals surface area contributed by atoms with E-state index in [2.05, 4.69) is 28.0 Å². The molecule has 0 saturated carbocycles. The van der Waals surface area contributed by atoms with Crippen LogP contribution in [0.25, 0.3) is 0 Å². The zero-order valence-corrected chi connectivity index (χ0v) is 22.0. The van der Waals surface area contributed by atoms with Gasteiger partial charge in [-0.2, -0.15) is 26.3 Å². The number of anilines is 1. The molecule has 1 aliphatic heterocycles. The quantitative estimate of drug-likeness (QED) is 0.298. The van der Waals surface area contributed by atoms with Crippen molar-refractivity contribution in [3.8, 4) is 0 Å². The van der Waals surface area contributed by atoms with Crippen molar-refractivity contribution in [2.24, 2.45) is 0 Å². The van der Waals surface area contributed by atoms with Crippen molar-refractivity contribution in [1.82, 2.24) is 14.9 Å². The predicted molar refractivity (Wildman–Crippen MR) is 136 cm³/mol. The molecule has 0 radical (unpaired) electrons. The number of alkyl halides is 6. The summed E-state index contributed by atoms with van der Waals surface area (Å²) in [6.45, 7) is 8.60. The Morgan fingerprint density at radius 2 is 1.76 bits per heavy atom. The smallest absolute Gasteiger partial charge is 0.382 e. The molecule has 0 aromatic carbocycles. The fourth-order valence-electron chi connectivity index (χ4n) is 3.51. The zero-order chi connectivity index (χ0) is 28.2. The lowest BCUT2D eigenvalue weighted by atomic mass is 9.93. The SMILES string of the molecule is C\C=C/C(=C\C(=C\CC)C(F)(F)F)C(/C=C1/CCCCN1C)=C(C)CC.Nc1cnc(C(F)(F)F)cn1. The van der Waals surface area contributed by atoms with E-state index >= 15 is 0 Å². The summed E-state index contributed by atoms with van der Waals surface area (Å²) in [6, 6.07) is 0. The molecule has 1 aliphatic rings. The number of nitrogen functional groups attached to an aromatic ring is 1. The lowest BCUT2D eigenvalue weighted by molar-refractivity contribution is -0.141. The van der Waals surface area contributed by atoms with Crippen molar-refractivity contribution < 1.29 is 26.3 Å². The molecule has 2 heterocycles. The molecule has 4 nitrogen and oxygen atoms in total. The van der Waals surface area contributed by atoms with Crippen LogP contribution in [0.1, 0.15) is 65.5 Å². The summed E-state index contributed by atoms with van der Waals surface area (Å²) in [5.41, 5.74) is 7.23. The molecule has 0 bridgehead atoms. The Labute approximate surface area is 215 Å². The monoisotopic (exact) mass is 530 g/mol. The van der Waals surface area contributed by atoms with Crippen LogP contribution in [0.15, 0.2) is 70.8 Å². The van der Waals surface area contributed by atoms with E-state index in [0.29, 0.717) is 18.2 Å². The Kier molecular flexibility index (Phi) is 12.7. The maximum absolute atomic E-state index is 13.4. The molecular weight excluding hydrogens is 494 g/mol. The molecule has 1 fully saturated rings. The average Bonchev–Trinajstić information content (AvgIpc) is 2.82. The topological polar surface area (TPSA) is 55.0 Å². The van der Waals surface area contributed by atoms with Gasteiger partial charge in [-0.25, -0.2) is 9.97 Å². The predicted octanol–water partition coefficient (Wildman–Crippen LogP) is 8.19. The number of likely N-dealkylation sites (tertiary alicyclic amines) is 1. The fourth-order valence-corrected chi connectivity index (χ4v) is 3.51. The maximum atomic E-state index is 13.4. The normalized spacial score (nSPS) is 17.6. The molecule has 1 aromatic heterocycles. The third kappa shape index (κ3) is 10.9. The van der Waals surface area contributed by atoms with E-state index in [1.54, 1.807) is 19.1 Å². The first-order valence-corrected chi connectivity index (χ1v) is 12.1. The summed E-state index contributed by atoms with van der Waals surface area (Å²) in [7, 11) is 2.06. The highest BCUT2D eigenvalue weighted by atomic mass is 19.4. The largest absolute Gasteiger partial charge is 0.434 e. The molecule has 10 heteroatoms. The van der Waals surface area contributed by atoms with Gasteiger partial charge in [-0.05, 0) is 69.2 Å². The van der Waals surface area contributed by atoms with Gasteiger partial charge in [0, 0.05) is 19.3 Å². The Balaban J connectivity index is 0.000000516. The van der Waals surface area contributed by atoms with Crippen LogP contribution in [0.4, 0.5) is 32.2 Å². The number of allylic oxidation sites excluding steroid dienone is 10. The first kappa shape index (κ1) is 32.0. The summed E-state index contributed by atoms with van der Waals surface area (Å²) in [6.07, 6.45) is 5.29. The minimum absolute atomic E-state index is 0.0296. The third-order valence-corrected chi connectivity index (χ3v) is 5.65. The van der Waals surface area contributed by atoms with E-state index in [1.165, 1.54) is 17.8 Å². The minimum atomic E-state index is -4.44. The van der Waals surface area contributed by atoms with Crippen LogP contribution in [0.3, 0.4) is 0 Å². The Morgan fingerprint density at radius 1 is 1.08 bits per heavy atom. The summed E-state index contributed by atoms with van der Waals surface area (Å²) in [5.74, 6) is -0.0296. The lowest BCUT2D eigenvalue weighted by Gasteiger charge is -2.28. The minimum Gasteiger partial charge on any atom is -0.382 e. The van der Waals surface area contributed by atoms with Crippen molar-refractivity contribution in [2.45, 2.75) is 72.2 Å². The summed E-state index contributed by atoms with van der Waals surface area (Å²) < 4.78 is 75.5. The maximum Gasteiger partial charge on any atom is 0.434 e. The number of nitrogens with two attached hydrogens (primary N) is 1. The summed E-state index contributed by atoms with van der Waals surface area (Å²) in [5, 5.41) is 0. The van der Waals surface area contributed by atoms with Gasteiger partial charge >= 0.3 is 12.4 Å². The van der Waals surface area contributed by atoms with Crippen LogP contribution in [0, 0.1) is 0 Å². The van der Waals surface area contributed by atoms with Crippen LogP contribution >= 0.6 is 0 Å². The fraction of sp³-hybridized carbons (Fsp3) is 0.481. The molecular formula is C27H36F6N4. The highest BCUT2D eigenvalue weighted by Gasteiger charge is 2.33. The van der Waals surface area contributed by atoms with Crippen molar-refractivity contribution >= 4 is 5.82 Å². The highest BCUT2D eigenvalue weighted by Crippen LogP contribution is 2.32. The van der Waals surface area contributed by atoms with E-state index < -0.39 is 23.6 Å². The number of piperidine rings is 1. The molecule has 0 aliphatic carbocycles. The van der Waals surface area contributed by atoms with E-state index in [0.717, 1.165) is 49.6 Å². The van der Waals surface area contributed by atoms with Gasteiger partial charge < -0.3 is 10.6 Å². The van der Waals surface area contributed by atoms with E-state index in [-0.39, 0.29) is 5.82 Å². The number of aromatic nitrogens is 2. The molecule has 0 spiro atoms. The lowest BCUT2D eigenvalue weighted by Crippen LogP contribution is -2.23. The molecule has 0 atom stereocenters. The molecule has 0 amide bonds. The van der Waals surface area contributed by atoms with Gasteiger partial charge in [0.25, 0.3) is 0 Å². The molecule has 1 aromatic rings. The molecule has 0 unspecified atom stereocenters. The highest BCUT2D eigenvalue weighted by molar-refractivity contribution is 5.53. The molecule has 206 valence electrons. The zero-order valence-electron chi connectivity index (χ0n) is 22.0. The van der Waals surface area contributed by atoms with Crippen molar-refractivity contribution in [1.29, 1.82) is 0 Å². The van der Waals surface area contributed by atoms with Gasteiger partial charge in [-0.3, -0.25) is 0 Å². The standard InChI is InChI=1S/C22H32F3N.C5H4F3N3/c1-6-11-18(15-19(12-7-2)22(23,24)25)21(17(4)8-3)16-20-13-9-10-14-26(20)5;6-5(7,8)3-1-11-4(9)2-10-3/h6,11-12,15-16H,7-10,13-14H2,1-5H3;1-2H,(H2,9,11)/b11-6-,18-15+,19-12-,20-16-,21-17?;. The number of nitrogens with zero attached hydrogens (tertiary/aromatic N) is 3. The van der Waals surface area contributed by atoms with Gasteiger partial charge in [-0.15, -0.1) is 0 Å². The number of hydrogen-bond donors (Lipinski definition) is 1. The second-order valence-corrected chi connectivity index (χ2v) is 8.55. The van der Waals surface area contributed by atoms with Crippen LogP contribution in [0.5, 0.6) is 0 Å². The van der Waals surface area contributed by atoms with Crippen LogP contribution < -0.4 is 5.73 Å². The second kappa shape index (κ2) is 14.6. The van der Waals surface area contributed by atoms with Crippen LogP contribution in [0.2, 0.25) is 0 Å². The van der Waals surface area contributed by atoms with E-state index in [1.807, 2.05) is 20.8 Å². The van der Waals surface area contributed by atoms with Crippen molar-refractivity contribution in [3.05, 3.63) is 76.5 Å². The van der Waals surface area contributed by atoms with Gasteiger partial charge in [0.2, 0.25) is 0 Å². The van der Waals surface area contributed by atoms with Crippen molar-refractivity contribution in [2.75, 3.05) is 19.3 Å². The second-order valence-electron chi connectivity index (χ2n) is 8.55.